The molecule has 146 valence electrons. The summed E-state index contributed by atoms with van der Waals surface area (Å²) in [6.07, 6.45) is -5.41. The van der Waals surface area contributed by atoms with E-state index in [1.54, 1.807) is 0 Å². The van der Waals surface area contributed by atoms with E-state index >= 15 is 0 Å². The number of aldehydes is 1. The van der Waals surface area contributed by atoms with Gasteiger partial charge in [0.05, 0.1) is 6.20 Å². The van der Waals surface area contributed by atoms with Gasteiger partial charge in [0.15, 0.2) is 22.2 Å². The molecular formula is C14H14F5NO5S. The van der Waals surface area contributed by atoms with Gasteiger partial charge in [0.25, 0.3) is 0 Å². The minimum atomic E-state index is -5.78. The largest absolute Gasteiger partial charge is 0.485 e. The van der Waals surface area contributed by atoms with Gasteiger partial charge in [-0.25, -0.2) is 13.4 Å². The molecule has 26 heavy (non-hydrogen) atoms. The second-order valence-corrected chi connectivity index (χ2v) is 7.55. The Morgan fingerprint density at radius 1 is 1.27 bits per heavy atom. The number of alkyl halides is 5. The van der Waals surface area contributed by atoms with Crippen molar-refractivity contribution in [1.29, 1.82) is 0 Å². The van der Waals surface area contributed by atoms with E-state index in [2.05, 4.69) is 9.72 Å². The smallest absolute Gasteiger partial charge is 0.456 e. The predicted octanol–water partition coefficient (Wildman–Crippen LogP) is 2.23. The van der Waals surface area contributed by atoms with Gasteiger partial charge in [-0.2, -0.15) is 22.0 Å². The monoisotopic (exact) mass is 403 g/mol. The van der Waals surface area contributed by atoms with Crippen LogP contribution in [0.25, 0.3) is 0 Å². The summed E-state index contributed by atoms with van der Waals surface area (Å²) in [6.45, 7) is -0.699. The highest BCUT2D eigenvalue weighted by Crippen LogP contribution is 2.35. The summed E-state index contributed by atoms with van der Waals surface area (Å²) in [4.78, 5) is 26.3. The quantitative estimate of drug-likeness (QED) is 0.357. The van der Waals surface area contributed by atoms with Crippen molar-refractivity contribution in [2.45, 2.75) is 30.7 Å². The topological polar surface area (TPSA) is 90.4 Å². The molecule has 0 aliphatic heterocycles. The number of Topliss-reactive ketones (excluding diaryl/α,β-unsaturated/α-hetero) is 1. The summed E-state index contributed by atoms with van der Waals surface area (Å²) in [5.74, 6) is -6.95. The number of pyridine rings is 1. The molecule has 0 bridgehead atoms. The Morgan fingerprint density at radius 3 is 2.31 bits per heavy atom. The number of halogens is 5. The maximum Gasteiger partial charge on any atom is 0.456 e. The van der Waals surface area contributed by atoms with E-state index in [-0.39, 0.29) is 6.29 Å². The molecule has 0 N–H and O–H groups in total. The molecule has 0 radical (unpaired) electrons. The van der Waals surface area contributed by atoms with Crippen molar-refractivity contribution in [2.75, 3.05) is 12.4 Å². The number of ketones is 1. The summed E-state index contributed by atoms with van der Waals surface area (Å²) < 4.78 is 89.7. The molecule has 0 spiro atoms. The fourth-order valence-electron chi connectivity index (χ4n) is 1.74. The zero-order valence-electron chi connectivity index (χ0n) is 13.3. The van der Waals surface area contributed by atoms with Gasteiger partial charge in [0.1, 0.15) is 23.0 Å². The second-order valence-electron chi connectivity index (χ2n) is 5.08. The van der Waals surface area contributed by atoms with Gasteiger partial charge in [-0.05, 0) is 12.1 Å². The van der Waals surface area contributed by atoms with Crippen molar-refractivity contribution in [2.24, 2.45) is 0 Å². The summed E-state index contributed by atoms with van der Waals surface area (Å²) in [7, 11) is -3.90. The maximum absolute atomic E-state index is 12.8. The van der Waals surface area contributed by atoms with Crippen molar-refractivity contribution in [3.63, 3.8) is 0 Å². The Balaban J connectivity index is 2.92. The van der Waals surface area contributed by atoms with Crippen molar-refractivity contribution in [1.82, 2.24) is 4.98 Å². The summed E-state index contributed by atoms with van der Waals surface area (Å²) >= 11 is 0. The van der Waals surface area contributed by atoms with Crippen LogP contribution in [-0.4, -0.2) is 55.2 Å². The van der Waals surface area contributed by atoms with E-state index in [0.29, 0.717) is 6.20 Å². The Morgan fingerprint density at radius 2 is 1.88 bits per heavy atom. The number of hydrogen-bond acceptors (Lipinski definition) is 6. The molecule has 0 aromatic carbocycles. The third-order valence-electron chi connectivity index (χ3n) is 3.26. The van der Waals surface area contributed by atoms with Crippen LogP contribution in [0.3, 0.4) is 0 Å². The first kappa shape index (κ1) is 21.9. The SMILES string of the molecule is CCS(=O)(=O)C(CC=O)C(=O)c1ccc(OCC(F)(F)C(F)(F)F)cn1. The first-order chi connectivity index (χ1) is 11.9. The number of hydrogen-bond donors (Lipinski definition) is 0. The van der Waals surface area contributed by atoms with Crippen molar-refractivity contribution in [3.8, 4) is 5.75 Å². The molecule has 0 fully saturated rings. The number of sulfone groups is 1. The predicted molar refractivity (Wildman–Crippen MR) is 79.0 cm³/mol. The lowest BCUT2D eigenvalue weighted by Gasteiger charge is -2.19. The third-order valence-corrected chi connectivity index (χ3v) is 5.34. The number of nitrogens with zero attached hydrogens (tertiary/aromatic N) is 1. The van der Waals surface area contributed by atoms with Crippen molar-refractivity contribution in [3.05, 3.63) is 24.0 Å². The molecule has 1 aromatic heterocycles. The molecule has 0 aliphatic rings. The number of carbonyl (C=O) groups is 2. The van der Waals surface area contributed by atoms with Crippen molar-refractivity contribution >= 4 is 21.9 Å². The molecule has 0 aliphatic carbocycles. The first-order valence-electron chi connectivity index (χ1n) is 7.08. The van der Waals surface area contributed by atoms with E-state index in [1.807, 2.05) is 0 Å². The van der Waals surface area contributed by atoms with Crippen LogP contribution in [0.1, 0.15) is 23.8 Å². The van der Waals surface area contributed by atoms with Gasteiger partial charge >= 0.3 is 12.1 Å². The molecule has 1 unspecified atom stereocenters. The number of ether oxygens (including phenoxy) is 1. The molecule has 1 atom stereocenters. The molecular weight excluding hydrogens is 389 g/mol. The molecule has 0 saturated heterocycles. The number of rotatable bonds is 9. The Bertz CT molecular complexity index is 746. The van der Waals surface area contributed by atoms with Gasteiger partial charge in [-0.3, -0.25) is 4.79 Å². The van der Waals surface area contributed by atoms with E-state index in [1.165, 1.54) is 6.92 Å². The van der Waals surface area contributed by atoms with Crippen LogP contribution < -0.4 is 4.74 Å². The van der Waals surface area contributed by atoms with Crippen LogP contribution in [0.15, 0.2) is 18.3 Å². The Labute approximate surface area is 145 Å². The fraction of sp³-hybridized carbons (Fsp3) is 0.500. The zero-order valence-corrected chi connectivity index (χ0v) is 14.1. The van der Waals surface area contributed by atoms with E-state index < -0.39 is 63.2 Å². The van der Waals surface area contributed by atoms with Crippen LogP contribution in [0.5, 0.6) is 5.75 Å². The van der Waals surface area contributed by atoms with Gasteiger partial charge in [-0.1, -0.05) is 6.92 Å². The van der Waals surface area contributed by atoms with E-state index in [9.17, 15) is 40.0 Å². The van der Waals surface area contributed by atoms with E-state index in [4.69, 9.17) is 0 Å². The molecule has 1 rings (SSSR count). The zero-order chi connectivity index (χ0) is 20.2. The van der Waals surface area contributed by atoms with Gasteiger partial charge in [0.2, 0.25) is 0 Å². The van der Waals surface area contributed by atoms with Crippen LogP contribution in [0, 0.1) is 0 Å². The number of carbonyl (C=O) groups excluding carboxylic acids is 2. The highest BCUT2D eigenvalue weighted by molar-refractivity contribution is 7.92. The summed E-state index contributed by atoms with van der Waals surface area (Å²) in [5, 5.41) is -1.65. The Kier molecular flexibility index (Phi) is 6.80. The summed E-state index contributed by atoms with van der Waals surface area (Å²) in [5.41, 5.74) is -0.399. The average Bonchev–Trinajstić information content (AvgIpc) is 2.56. The van der Waals surface area contributed by atoms with Crippen LogP contribution in [-0.2, 0) is 14.6 Å². The Hall–Kier alpha value is -2.11. The average molecular weight is 403 g/mol. The van der Waals surface area contributed by atoms with Crippen LogP contribution >= 0.6 is 0 Å². The van der Waals surface area contributed by atoms with Crippen LogP contribution in [0.4, 0.5) is 22.0 Å². The highest BCUT2D eigenvalue weighted by Gasteiger charge is 2.58. The van der Waals surface area contributed by atoms with Crippen molar-refractivity contribution < 1.29 is 44.7 Å². The molecule has 12 heteroatoms. The van der Waals surface area contributed by atoms with Gasteiger partial charge < -0.3 is 9.53 Å². The maximum atomic E-state index is 12.8. The fourth-order valence-corrected chi connectivity index (χ4v) is 2.96. The minimum Gasteiger partial charge on any atom is -0.485 e. The highest BCUT2D eigenvalue weighted by atomic mass is 32.2. The first-order valence-corrected chi connectivity index (χ1v) is 8.80. The minimum absolute atomic E-state index is 0.256. The molecule has 1 heterocycles. The molecule has 0 saturated carbocycles. The second kappa shape index (κ2) is 8.06. The van der Waals surface area contributed by atoms with E-state index in [0.717, 1.165) is 12.1 Å². The standard InChI is InChI=1S/C14H14F5NO5S/c1-2-26(23,24)11(5-6-21)12(22)10-4-3-9(7-20-10)25-8-13(15,16)14(17,18)19/h3-4,6-7,11H,2,5,8H2,1H3. The molecule has 6 nitrogen and oxygen atoms in total. The van der Waals surface area contributed by atoms with Gasteiger partial charge in [-0.15, -0.1) is 0 Å². The molecule has 1 aromatic rings. The molecule has 0 amide bonds. The van der Waals surface area contributed by atoms with Gasteiger partial charge in [0, 0.05) is 12.2 Å². The third kappa shape index (κ3) is 5.19. The number of aromatic nitrogens is 1. The lowest BCUT2D eigenvalue weighted by molar-refractivity contribution is -0.290. The normalized spacial score (nSPS) is 13.9. The lowest BCUT2D eigenvalue weighted by Crippen LogP contribution is -2.41. The summed E-state index contributed by atoms with van der Waals surface area (Å²) in [6, 6.07) is 1.80. The van der Waals surface area contributed by atoms with Crippen LogP contribution in [0.2, 0.25) is 0 Å². The lowest BCUT2D eigenvalue weighted by atomic mass is 10.1.